The fraction of sp³-hybridized carbons (Fsp3) is 0.0769. The first-order valence-electron chi connectivity index (χ1n) is 5.62. The minimum absolute atomic E-state index is 0.124. The van der Waals surface area contributed by atoms with Crippen LogP contribution in [0.25, 0.3) is 22.2 Å². The zero-order chi connectivity index (χ0) is 12.5. The summed E-state index contributed by atoms with van der Waals surface area (Å²) in [6.07, 6.45) is 5.43. The van der Waals surface area contributed by atoms with Crippen LogP contribution in [0.15, 0.2) is 36.8 Å². The molecule has 5 nitrogen and oxygen atoms in total. The van der Waals surface area contributed by atoms with Crippen molar-refractivity contribution in [3.8, 4) is 11.1 Å². The van der Waals surface area contributed by atoms with Gasteiger partial charge in [0.15, 0.2) is 0 Å². The third-order valence-electron chi connectivity index (χ3n) is 2.93. The highest BCUT2D eigenvalue weighted by molar-refractivity contribution is 5.97. The molecule has 0 aliphatic heterocycles. The highest BCUT2D eigenvalue weighted by Gasteiger charge is 2.10. The molecule has 0 aromatic carbocycles. The van der Waals surface area contributed by atoms with Crippen LogP contribution >= 0.6 is 0 Å². The molecule has 0 aliphatic carbocycles. The molecular weight excluding hydrogens is 228 g/mol. The summed E-state index contributed by atoms with van der Waals surface area (Å²) in [6.45, 7) is 0. The predicted octanol–water partition coefficient (Wildman–Crippen LogP) is 1.92. The zero-order valence-corrected chi connectivity index (χ0v) is 9.82. The van der Waals surface area contributed by atoms with Crippen LogP contribution in [0.2, 0.25) is 0 Å². The predicted molar refractivity (Wildman–Crippen MR) is 69.3 cm³/mol. The molecule has 18 heavy (non-hydrogen) atoms. The van der Waals surface area contributed by atoms with Gasteiger partial charge in [-0.1, -0.05) is 0 Å². The van der Waals surface area contributed by atoms with E-state index in [1.807, 2.05) is 30.6 Å². The van der Waals surface area contributed by atoms with E-state index in [-0.39, 0.29) is 5.91 Å². The molecule has 0 radical (unpaired) electrons. The Balaban J connectivity index is 2.12. The number of amides is 1. The lowest BCUT2D eigenvalue weighted by molar-refractivity contribution is 0.0959. The second-order valence-corrected chi connectivity index (χ2v) is 3.98. The van der Waals surface area contributed by atoms with E-state index >= 15 is 0 Å². The van der Waals surface area contributed by atoms with E-state index in [1.165, 1.54) is 0 Å². The summed E-state index contributed by atoms with van der Waals surface area (Å²) in [5, 5.41) is 3.63. The van der Waals surface area contributed by atoms with Gasteiger partial charge in [0.05, 0.1) is 0 Å². The highest BCUT2D eigenvalue weighted by atomic mass is 16.1. The second-order valence-electron chi connectivity index (χ2n) is 3.98. The van der Waals surface area contributed by atoms with Crippen LogP contribution in [0, 0.1) is 0 Å². The Kier molecular flexibility index (Phi) is 2.37. The third kappa shape index (κ3) is 1.57. The van der Waals surface area contributed by atoms with E-state index in [2.05, 4.69) is 20.3 Å². The number of nitrogens with one attached hydrogen (secondary N) is 3. The summed E-state index contributed by atoms with van der Waals surface area (Å²) >= 11 is 0. The Hall–Kier alpha value is -2.56. The first kappa shape index (κ1) is 10.6. The number of hydrogen-bond donors (Lipinski definition) is 3. The molecule has 0 saturated heterocycles. The number of aromatic amines is 2. The van der Waals surface area contributed by atoms with Crippen LogP contribution in [0.3, 0.4) is 0 Å². The number of carbonyl (C=O) groups is 1. The minimum atomic E-state index is -0.124. The number of pyridine rings is 1. The number of H-pyrrole nitrogens is 2. The fourth-order valence-corrected chi connectivity index (χ4v) is 2.03. The van der Waals surface area contributed by atoms with Gasteiger partial charge in [0.1, 0.15) is 11.3 Å². The van der Waals surface area contributed by atoms with Gasteiger partial charge in [0.2, 0.25) is 0 Å². The molecule has 0 unspecified atom stereocenters. The lowest BCUT2D eigenvalue weighted by Crippen LogP contribution is -2.17. The van der Waals surface area contributed by atoms with Crippen LogP contribution in [0.1, 0.15) is 10.5 Å². The van der Waals surface area contributed by atoms with Gasteiger partial charge in [-0.25, -0.2) is 4.98 Å². The fourth-order valence-electron chi connectivity index (χ4n) is 2.03. The molecular formula is C13H12N4O. The van der Waals surface area contributed by atoms with E-state index < -0.39 is 0 Å². The first-order chi connectivity index (χ1) is 8.79. The Labute approximate surface area is 103 Å². The van der Waals surface area contributed by atoms with Gasteiger partial charge in [-0.15, -0.1) is 0 Å². The molecule has 0 bridgehead atoms. The average molecular weight is 240 g/mol. The monoisotopic (exact) mass is 240 g/mol. The van der Waals surface area contributed by atoms with E-state index in [4.69, 9.17) is 0 Å². The number of nitrogens with zero attached hydrogens (tertiary/aromatic N) is 1. The molecule has 0 spiro atoms. The van der Waals surface area contributed by atoms with Gasteiger partial charge in [-0.05, 0) is 23.8 Å². The normalized spacial score (nSPS) is 10.7. The van der Waals surface area contributed by atoms with E-state index in [9.17, 15) is 4.79 Å². The molecule has 90 valence electrons. The van der Waals surface area contributed by atoms with Gasteiger partial charge >= 0.3 is 0 Å². The molecule has 3 N–H and O–H groups in total. The van der Waals surface area contributed by atoms with Crippen LogP contribution < -0.4 is 5.32 Å². The molecule has 3 aromatic rings. The second kappa shape index (κ2) is 4.03. The third-order valence-corrected chi connectivity index (χ3v) is 2.93. The number of hydrogen-bond acceptors (Lipinski definition) is 2. The topological polar surface area (TPSA) is 73.6 Å². The smallest absolute Gasteiger partial charge is 0.267 e. The summed E-state index contributed by atoms with van der Waals surface area (Å²) in [5.74, 6) is -0.124. The number of carbonyl (C=O) groups excluding carboxylic acids is 1. The molecule has 0 fully saturated rings. The van der Waals surface area contributed by atoms with Crippen molar-refractivity contribution in [3.05, 3.63) is 42.5 Å². The van der Waals surface area contributed by atoms with Crippen molar-refractivity contribution in [2.45, 2.75) is 0 Å². The molecule has 3 aromatic heterocycles. The Morgan fingerprint density at radius 2 is 2.22 bits per heavy atom. The molecule has 0 atom stereocenters. The van der Waals surface area contributed by atoms with Gasteiger partial charge in [0.25, 0.3) is 5.91 Å². The van der Waals surface area contributed by atoms with Gasteiger partial charge in [0, 0.05) is 36.6 Å². The Morgan fingerprint density at radius 3 is 3.06 bits per heavy atom. The Morgan fingerprint density at radius 1 is 1.33 bits per heavy atom. The van der Waals surface area contributed by atoms with Crippen molar-refractivity contribution in [2.75, 3.05) is 7.05 Å². The molecule has 3 rings (SSSR count). The maximum Gasteiger partial charge on any atom is 0.267 e. The number of aromatic nitrogens is 3. The van der Waals surface area contributed by atoms with Crippen molar-refractivity contribution in [1.29, 1.82) is 0 Å². The number of fused-ring (bicyclic) bond motifs is 1. The van der Waals surface area contributed by atoms with Crippen molar-refractivity contribution in [2.24, 2.45) is 0 Å². The van der Waals surface area contributed by atoms with Crippen molar-refractivity contribution in [1.82, 2.24) is 20.3 Å². The van der Waals surface area contributed by atoms with Crippen molar-refractivity contribution in [3.63, 3.8) is 0 Å². The minimum Gasteiger partial charge on any atom is -0.357 e. The van der Waals surface area contributed by atoms with Crippen LogP contribution in [-0.2, 0) is 0 Å². The van der Waals surface area contributed by atoms with Crippen molar-refractivity contribution < 1.29 is 4.79 Å². The van der Waals surface area contributed by atoms with Crippen LogP contribution in [-0.4, -0.2) is 27.9 Å². The van der Waals surface area contributed by atoms with Gasteiger partial charge < -0.3 is 15.3 Å². The quantitative estimate of drug-likeness (QED) is 0.640. The Bertz CT molecular complexity index is 710. The maximum atomic E-state index is 11.5. The van der Waals surface area contributed by atoms with Crippen molar-refractivity contribution >= 4 is 16.9 Å². The lowest BCUT2D eigenvalue weighted by atomic mass is 10.1. The van der Waals surface area contributed by atoms with Gasteiger partial charge in [-0.2, -0.15) is 0 Å². The largest absolute Gasteiger partial charge is 0.357 e. The molecule has 0 aliphatic rings. The maximum absolute atomic E-state index is 11.5. The van der Waals surface area contributed by atoms with Crippen LogP contribution in [0.4, 0.5) is 0 Å². The summed E-state index contributed by atoms with van der Waals surface area (Å²) in [7, 11) is 1.61. The summed E-state index contributed by atoms with van der Waals surface area (Å²) in [4.78, 5) is 21.8. The lowest BCUT2D eigenvalue weighted by Gasteiger charge is -1.99. The summed E-state index contributed by atoms with van der Waals surface area (Å²) < 4.78 is 0. The molecule has 3 heterocycles. The van der Waals surface area contributed by atoms with E-state index in [0.717, 1.165) is 22.2 Å². The van der Waals surface area contributed by atoms with Gasteiger partial charge in [-0.3, -0.25) is 4.79 Å². The van der Waals surface area contributed by atoms with E-state index in [1.54, 1.807) is 13.2 Å². The summed E-state index contributed by atoms with van der Waals surface area (Å²) in [6, 6.07) is 5.75. The van der Waals surface area contributed by atoms with Crippen LogP contribution in [0.5, 0.6) is 0 Å². The first-order valence-corrected chi connectivity index (χ1v) is 5.62. The molecule has 1 amide bonds. The molecule has 5 heteroatoms. The van der Waals surface area contributed by atoms with E-state index in [0.29, 0.717) is 5.69 Å². The zero-order valence-electron chi connectivity index (χ0n) is 9.82. The SMILES string of the molecule is CNC(=O)c1cc(-c2ccnc3[nH]ccc23)c[nH]1. The average Bonchev–Trinajstić information content (AvgIpc) is 3.05. The highest BCUT2D eigenvalue weighted by Crippen LogP contribution is 2.27. The summed E-state index contributed by atoms with van der Waals surface area (Å²) in [5.41, 5.74) is 3.41. The standard InChI is InChI=1S/C13H12N4O/c1-14-13(18)11-6-8(7-17-11)9-2-4-15-12-10(9)3-5-16-12/h2-7,17H,1H3,(H,14,18)(H,15,16). The number of rotatable bonds is 2. The molecule has 0 saturated carbocycles.